The van der Waals surface area contributed by atoms with Gasteiger partial charge in [-0.2, -0.15) is 0 Å². The Bertz CT molecular complexity index is 433. The molecule has 3 atom stereocenters. The maximum Gasteiger partial charge on any atom is 0.119 e. The third kappa shape index (κ3) is 1.93. The highest BCUT2D eigenvalue weighted by Gasteiger charge is 2.34. The molecule has 0 amide bonds. The molecule has 0 bridgehead atoms. The largest absolute Gasteiger partial charge is 0.508 e. The quantitative estimate of drug-likeness (QED) is 0.820. The summed E-state index contributed by atoms with van der Waals surface area (Å²) in [5.41, 5.74) is 2.57. The molecule has 1 N–H and O–H groups in total. The van der Waals surface area contributed by atoms with Gasteiger partial charge in [-0.1, -0.05) is 26.0 Å². The van der Waals surface area contributed by atoms with E-state index >= 15 is 0 Å². The number of phenolic OH excluding ortho intramolecular Hbond substituents is 1. The summed E-state index contributed by atoms with van der Waals surface area (Å²) in [4.78, 5) is 2.63. The molecule has 1 aliphatic heterocycles. The van der Waals surface area contributed by atoms with E-state index in [0.717, 1.165) is 18.3 Å². The van der Waals surface area contributed by atoms with Crippen molar-refractivity contribution in [1.29, 1.82) is 0 Å². The van der Waals surface area contributed by atoms with Gasteiger partial charge in [0, 0.05) is 19.1 Å². The minimum Gasteiger partial charge on any atom is -0.508 e. The topological polar surface area (TPSA) is 23.5 Å². The van der Waals surface area contributed by atoms with Crippen LogP contribution in [-0.2, 0) is 6.42 Å². The first-order valence-corrected chi connectivity index (χ1v) is 7.21. The van der Waals surface area contributed by atoms with E-state index in [1.165, 1.54) is 37.1 Å². The molecule has 0 aromatic heterocycles. The van der Waals surface area contributed by atoms with E-state index in [2.05, 4.69) is 24.8 Å². The maximum atomic E-state index is 10.0. The molecule has 3 rings (SSSR count). The number of phenols is 1. The zero-order valence-electron chi connectivity index (χ0n) is 11.4. The molecule has 18 heavy (non-hydrogen) atoms. The van der Waals surface area contributed by atoms with Crippen molar-refractivity contribution in [1.82, 2.24) is 4.90 Å². The molecule has 98 valence electrons. The Morgan fingerprint density at radius 2 is 1.89 bits per heavy atom. The normalized spacial score (nSPS) is 32.4. The minimum atomic E-state index is 0.498. The molecule has 2 nitrogen and oxygen atoms in total. The second kappa shape index (κ2) is 4.58. The van der Waals surface area contributed by atoms with Crippen LogP contribution in [-0.4, -0.2) is 23.1 Å². The predicted octanol–water partition coefficient (Wildman–Crippen LogP) is 3.36. The van der Waals surface area contributed by atoms with Gasteiger partial charge in [-0.15, -0.1) is 0 Å². The average molecular weight is 245 g/mol. The second-order valence-electron chi connectivity index (χ2n) is 6.16. The lowest BCUT2D eigenvalue weighted by molar-refractivity contribution is 0.211. The minimum absolute atomic E-state index is 0.498. The van der Waals surface area contributed by atoms with Crippen LogP contribution in [0.5, 0.6) is 5.75 Å². The van der Waals surface area contributed by atoms with Crippen LogP contribution in [0.3, 0.4) is 0 Å². The molecule has 2 aliphatic rings. The number of hydrogen-bond acceptors (Lipinski definition) is 2. The van der Waals surface area contributed by atoms with Crippen LogP contribution in [0.4, 0.5) is 0 Å². The van der Waals surface area contributed by atoms with E-state index in [1.54, 1.807) is 0 Å². The number of likely N-dealkylation sites (tertiary alicyclic amines) is 1. The van der Waals surface area contributed by atoms with Gasteiger partial charge < -0.3 is 5.11 Å². The fraction of sp³-hybridized carbons (Fsp3) is 0.625. The summed E-state index contributed by atoms with van der Waals surface area (Å²) in [6, 6.07) is 6.58. The number of fused-ring (bicyclic) bond motifs is 1. The zero-order chi connectivity index (χ0) is 12.7. The van der Waals surface area contributed by atoms with Crippen LogP contribution in [0.15, 0.2) is 18.2 Å². The van der Waals surface area contributed by atoms with Gasteiger partial charge in [0.25, 0.3) is 0 Å². The highest BCUT2D eigenvalue weighted by molar-refractivity contribution is 5.42. The lowest BCUT2D eigenvalue weighted by Crippen LogP contribution is -2.29. The average Bonchev–Trinajstić information content (AvgIpc) is 2.69. The molecular weight excluding hydrogens is 222 g/mol. The van der Waals surface area contributed by atoms with Crippen molar-refractivity contribution in [3.8, 4) is 5.75 Å². The first-order chi connectivity index (χ1) is 8.66. The Morgan fingerprint density at radius 1 is 1.17 bits per heavy atom. The molecule has 1 saturated heterocycles. The standard InChI is InChI=1S/C16H23NO/c1-11-9-17(10-12(11)2)15-7-3-6-14-13(15)5-4-8-16(14)18/h4-5,8,11-12,15,18H,3,6-7,9-10H2,1-2H3. The molecular formula is C16H23NO. The van der Waals surface area contributed by atoms with E-state index in [-0.39, 0.29) is 0 Å². The molecule has 0 saturated carbocycles. The summed E-state index contributed by atoms with van der Waals surface area (Å²) in [7, 11) is 0. The third-order valence-corrected chi connectivity index (χ3v) is 4.91. The summed E-state index contributed by atoms with van der Waals surface area (Å²) >= 11 is 0. The van der Waals surface area contributed by atoms with E-state index < -0.39 is 0 Å². The van der Waals surface area contributed by atoms with Gasteiger partial charge in [0.05, 0.1) is 0 Å². The van der Waals surface area contributed by atoms with Crippen LogP contribution >= 0.6 is 0 Å². The third-order valence-electron chi connectivity index (χ3n) is 4.91. The molecule has 0 spiro atoms. The van der Waals surface area contributed by atoms with Crippen LogP contribution < -0.4 is 0 Å². The fourth-order valence-electron chi connectivity index (χ4n) is 3.61. The van der Waals surface area contributed by atoms with Crippen molar-refractivity contribution >= 4 is 0 Å². The Labute approximate surface area is 110 Å². The molecule has 1 fully saturated rings. The zero-order valence-corrected chi connectivity index (χ0v) is 11.4. The first kappa shape index (κ1) is 12.0. The molecule has 3 unspecified atom stereocenters. The second-order valence-corrected chi connectivity index (χ2v) is 6.16. The molecule has 1 heterocycles. The van der Waals surface area contributed by atoms with Gasteiger partial charge in [0.1, 0.15) is 5.75 Å². The highest BCUT2D eigenvalue weighted by atomic mass is 16.3. The Hall–Kier alpha value is -1.02. The van der Waals surface area contributed by atoms with Gasteiger partial charge in [-0.05, 0) is 48.3 Å². The summed E-state index contributed by atoms with van der Waals surface area (Å²) in [5, 5.41) is 10.0. The van der Waals surface area contributed by atoms with Gasteiger partial charge in [-0.25, -0.2) is 0 Å². The van der Waals surface area contributed by atoms with E-state index in [1.807, 2.05) is 12.1 Å². The van der Waals surface area contributed by atoms with E-state index in [0.29, 0.717) is 11.8 Å². The smallest absolute Gasteiger partial charge is 0.119 e. The van der Waals surface area contributed by atoms with Crippen LogP contribution in [0.2, 0.25) is 0 Å². The van der Waals surface area contributed by atoms with Crippen molar-refractivity contribution in [2.45, 2.75) is 39.2 Å². The summed E-state index contributed by atoms with van der Waals surface area (Å²) in [5.74, 6) is 2.10. The number of hydrogen-bond donors (Lipinski definition) is 1. The predicted molar refractivity (Wildman–Crippen MR) is 73.7 cm³/mol. The summed E-state index contributed by atoms with van der Waals surface area (Å²) in [6.45, 7) is 7.13. The Morgan fingerprint density at radius 3 is 2.61 bits per heavy atom. The fourth-order valence-corrected chi connectivity index (χ4v) is 3.61. The molecule has 1 aliphatic carbocycles. The van der Waals surface area contributed by atoms with Crippen molar-refractivity contribution < 1.29 is 5.11 Å². The number of aromatic hydroxyl groups is 1. The van der Waals surface area contributed by atoms with Gasteiger partial charge in [0.2, 0.25) is 0 Å². The van der Waals surface area contributed by atoms with Crippen molar-refractivity contribution in [2.75, 3.05) is 13.1 Å². The number of rotatable bonds is 1. The molecule has 1 aromatic rings. The number of benzene rings is 1. The van der Waals surface area contributed by atoms with Gasteiger partial charge in [-0.3, -0.25) is 4.90 Å². The van der Waals surface area contributed by atoms with Gasteiger partial charge in [0.15, 0.2) is 0 Å². The molecule has 2 heteroatoms. The van der Waals surface area contributed by atoms with Gasteiger partial charge >= 0.3 is 0 Å². The van der Waals surface area contributed by atoms with E-state index in [9.17, 15) is 5.11 Å². The Balaban J connectivity index is 1.90. The van der Waals surface area contributed by atoms with Crippen molar-refractivity contribution in [3.63, 3.8) is 0 Å². The maximum absolute atomic E-state index is 10.0. The van der Waals surface area contributed by atoms with Crippen molar-refractivity contribution in [3.05, 3.63) is 29.3 Å². The first-order valence-electron chi connectivity index (χ1n) is 7.21. The lowest BCUT2D eigenvalue weighted by Gasteiger charge is -2.33. The Kier molecular flexibility index (Phi) is 3.06. The highest BCUT2D eigenvalue weighted by Crippen LogP contribution is 2.40. The number of nitrogens with zero attached hydrogens (tertiary/aromatic N) is 1. The van der Waals surface area contributed by atoms with E-state index in [4.69, 9.17) is 0 Å². The molecule has 1 aromatic carbocycles. The van der Waals surface area contributed by atoms with Crippen LogP contribution in [0, 0.1) is 11.8 Å². The summed E-state index contributed by atoms with van der Waals surface area (Å²) < 4.78 is 0. The summed E-state index contributed by atoms with van der Waals surface area (Å²) in [6.07, 6.45) is 3.49. The monoisotopic (exact) mass is 245 g/mol. The molecule has 0 radical (unpaired) electrons. The lowest BCUT2D eigenvalue weighted by atomic mass is 9.86. The van der Waals surface area contributed by atoms with Crippen LogP contribution in [0.25, 0.3) is 0 Å². The van der Waals surface area contributed by atoms with Crippen LogP contribution in [0.1, 0.15) is 43.9 Å². The SMILES string of the molecule is CC1CN(C2CCCc3c(O)cccc32)CC1C. The van der Waals surface area contributed by atoms with Crippen molar-refractivity contribution in [2.24, 2.45) is 11.8 Å².